The van der Waals surface area contributed by atoms with E-state index in [0.717, 1.165) is 5.56 Å². The molecule has 1 fully saturated rings. The van der Waals surface area contributed by atoms with Crippen LogP contribution in [0.1, 0.15) is 18.1 Å². The number of halogens is 1. The molecule has 0 aromatic heterocycles. The molecule has 5 nitrogen and oxygen atoms in total. The van der Waals surface area contributed by atoms with Crippen molar-refractivity contribution in [1.29, 1.82) is 0 Å². The van der Waals surface area contributed by atoms with Crippen LogP contribution < -0.4 is 14.8 Å². The van der Waals surface area contributed by atoms with Gasteiger partial charge in [-0.05, 0) is 49.0 Å². The summed E-state index contributed by atoms with van der Waals surface area (Å²) in [7, 11) is 1.52. The Hall–Kier alpha value is -2.93. The SMILES string of the molecule is CCN1C(=O)/C(=C\c2ccc(OCc3ccccc3F)c(OC)c2)NC1=S. The molecular formula is C20H19FN2O3S. The molecule has 1 aliphatic heterocycles. The highest BCUT2D eigenvalue weighted by Gasteiger charge is 2.29. The van der Waals surface area contributed by atoms with Crippen molar-refractivity contribution in [3.05, 3.63) is 65.1 Å². The molecule has 1 heterocycles. The topological polar surface area (TPSA) is 50.8 Å². The van der Waals surface area contributed by atoms with Gasteiger partial charge in [-0.3, -0.25) is 9.69 Å². The van der Waals surface area contributed by atoms with Crippen LogP contribution in [0.3, 0.4) is 0 Å². The van der Waals surface area contributed by atoms with E-state index in [1.165, 1.54) is 18.1 Å². The van der Waals surface area contributed by atoms with Crippen molar-refractivity contribution < 1.29 is 18.7 Å². The van der Waals surface area contributed by atoms with Crippen LogP contribution >= 0.6 is 12.2 Å². The molecular weight excluding hydrogens is 367 g/mol. The number of likely N-dealkylation sites (N-methyl/N-ethyl adjacent to an activating group) is 1. The Morgan fingerprint density at radius 3 is 2.67 bits per heavy atom. The van der Waals surface area contributed by atoms with Crippen LogP contribution in [0.25, 0.3) is 6.08 Å². The Bertz CT molecular complexity index is 914. The quantitative estimate of drug-likeness (QED) is 0.608. The molecule has 0 radical (unpaired) electrons. The van der Waals surface area contributed by atoms with Gasteiger partial charge in [-0.2, -0.15) is 0 Å². The molecule has 7 heteroatoms. The Kier molecular flexibility index (Phi) is 5.71. The van der Waals surface area contributed by atoms with Gasteiger partial charge < -0.3 is 14.8 Å². The van der Waals surface area contributed by atoms with E-state index in [1.54, 1.807) is 42.5 Å². The minimum atomic E-state index is -0.319. The standard InChI is InChI=1S/C20H19FN2O3S/c1-3-23-19(24)16(22-20(23)27)10-13-8-9-17(18(11-13)25-2)26-12-14-6-4-5-7-15(14)21/h4-11H,3,12H2,1-2H3,(H,22,27)/b16-10+. The summed E-state index contributed by atoms with van der Waals surface area (Å²) in [6.07, 6.45) is 1.70. The monoisotopic (exact) mass is 386 g/mol. The van der Waals surface area contributed by atoms with Gasteiger partial charge in [-0.15, -0.1) is 0 Å². The molecule has 1 N–H and O–H groups in total. The molecule has 0 bridgehead atoms. The van der Waals surface area contributed by atoms with Gasteiger partial charge in [0.05, 0.1) is 7.11 Å². The van der Waals surface area contributed by atoms with Crippen LogP contribution in [0.4, 0.5) is 4.39 Å². The Morgan fingerprint density at radius 2 is 2.00 bits per heavy atom. The molecule has 0 unspecified atom stereocenters. The number of nitrogens with zero attached hydrogens (tertiary/aromatic N) is 1. The Labute approximate surface area is 162 Å². The average molecular weight is 386 g/mol. The number of benzene rings is 2. The number of thiocarbonyl (C=S) groups is 1. The number of amides is 1. The summed E-state index contributed by atoms with van der Waals surface area (Å²) in [5, 5.41) is 3.31. The van der Waals surface area contributed by atoms with E-state index in [4.69, 9.17) is 21.7 Å². The van der Waals surface area contributed by atoms with E-state index in [-0.39, 0.29) is 18.3 Å². The van der Waals surface area contributed by atoms with Crippen molar-refractivity contribution in [2.45, 2.75) is 13.5 Å². The molecule has 1 aliphatic rings. The fourth-order valence-electron chi connectivity index (χ4n) is 2.69. The van der Waals surface area contributed by atoms with Crippen molar-refractivity contribution in [2.24, 2.45) is 0 Å². The van der Waals surface area contributed by atoms with Gasteiger partial charge in [0.25, 0.3) is 5.91 Å². The first-order valence-electron chi connectivity index (χ1n) is 8.42. The molecule has 27 heavy (non-hydrogen) atoms. The number of ether oxygens (including phenoxy) is 2. The molecule has 2 aromatic carbocycles. The highest BCUT2D eigenvalue weighted by Crippen LogP contribution is 2.30. The van der Waals surface area contributed by atoms with Crippen LogP contribution in [-0.4, -0.2) is 29.6 Å². The summed E-state index contributed by atoms with van der Waals surface area (Å²) in [5.41, 5.74) is 1.62. The third-order valence-corrected chi connectivity index (χ3v) is 4.44. The molecule has 0 spiro atoms. The molecule has 0 saturated carbocycles. The van der Waals surface area contributed by atoms with E-state index < -0.39 is 0 Å². The predicted octanol–water partition coefficient (Wildman–Crippen LogP) is 3.49. The molecule has 2 aromatic rings. The summed E-state index contributed by atoms with van der Waals surface area (Å²) >= 11 is 5.15. The van der Waals surface area contributed by atoms with E-state index in [0.29, 0.717) is 34.4 Å². The number of rotatable bonds is 6. The second-order valence-electron chi connectivity index (χ2n) is 5.83. The lowest BCUT2D eigenvalue weighted by Gasteiger charge is -2.12. The van der Waals surface area contributed by atoms with E-state index in [2.05, 4.69) is 5.32 Å². The van der Waals surface area contributed by atoms with Gasteiger partial charge >= 0.3 is 0 Å². The maximum absolute atomic E-state index is 13.7. The highest BCUT2D eigenvalue weighted by atomic mass is 32.1. The van der Waals surface area contributed by atoms with Crippen LogP contribution in [-0.2, 0) is 11.4 Å². The lowest BCUT2D eigenvalue weighted by atomic mass is 10.1. The van der Waals surface area contributed by atoms with Crippen LogP contribution in [0, 0.1) is 5.82 Å². The zero-order valence-corrected chi connectivity index (χ0v) is 15.8. The van der Waals surface area contributed by atoms with Gasteiger partial charge in [0.2, 0.25) is 0 Å². The predicted molar refractivity (Wildman–Crippen MR) is 105 cm³/mol. The molecule has 0 atom stereocenters. The van der Waals surface area contributed by atoms with Gasteiger partial charge in [0.15, 0.2) is 16.6 Å². The van der Waals surface area contributed by atoms with Gasteiger partial charge in [-0.25, -0.2) is 4.39 Å². The average Bonchev–Trinajstić information content (AvgIpc) is 2.94. The maximum atomic E-state index is 13.7. The summed E-state index contributed by atoms with van der Waals surface area (Å²) < 4.78 is 24.8. The second kappa shape index (κ2) is 8.18. The number of hydrogen-bond acceptors (Lipinski definition) is 4. The minimum Gasteiger partial charge on any atom is -0.493 e. The fourth-order valence-corrected chi connectivity index (χ4v) is 3.01. The maximum Gasteiger partial charge on any atom is 0.276 e. The van der Waals surface area contributed by atoms with E-state index in [9.17, 15) is 9.18 Å². The number of hydrogen-bond donors (Lipinski definition) is 1. The van der Waals surface area contributed by atoms with E-state index in [1.807, 2.05) is 6.92 Å². The fraction of sp³-hybridized carbons (Fsp3) is 0.200. The van der Waals surface area contributed by atoms with E-state index >= 15 is 0 Å². The lowest BCUT2D eigenvalue weighted by Crippen LogP contribution is -2.30. The number of carbonyl (C=O) groups excluding carboxylic acids is 1. The molecule has 3 rings (SSSR count). The van der Waals surface area contributed by atoms with Gasteiger partial charge in [-0.1, -0.05) is 24.3 Å². The first-order chi connectivity index (χ1) is 13.0. The minimum absolute atomic E-state index is 0.0865. The summed E-state index contributed by atoms with van der Waals surface area (Å²) in [4.78, 5) is 13.8. The number of carbonyl (C=O) groups is 1. The summed E-state index contributed by atoms with van der Waals surface area (Å²) in [6.45, 7) is 2.46. The lowest BCUT2D eigenvalue weighted by molar-refractivity contribution is -0.122. The first-order valence-corrected chi connectivity index (χ1v) is 8.83. The first kappa shape index (κ1) is 18.8. The van der Waals surface area contributed by atoms with Crippen molar-refractivity contribution in [1.82, 2.24) is 10.2 Å². The largest absolute Gasteiger partial charge is 0.493 e. The van der Waals surface area contributed by atoms with Crippen molar-refractivity contribution in [2.75, 3.05) is 13.7 Å². The zero-order valence-electron chi connectivity index (χ0n) is 15.0. The second-order valence-corrected chi connectivity index (χ2v) is 6.21. The third kappa shape index (κ3) is 4.09. The normalized spacial score (nSPS) is 15.2. The summed E-state index contributed by atoms with van der Waals surface area (Å²) in [6, 6.07) is 11.7. The van der Waals surface area contributed by atoms with Crippen LogP contribution in [0.2, 0.25) is 0 Å². The third-order valence-electron chi connectivity index (χ3n) is 4.12. The molecule has 1 amide bonds. The summed E-state index contributed by atoms with van der Waals surface area (Å²) in [5.74, 6) is 0.488. The smallest absolute Gasteiger partial charge is 0.276 e. The molecule has 1 saturated heterocycles. The highest BCUT2D eigenvalue weighted by molar-refractivity contribution is 7.80. The molecule has 0 aliphatic carbocycles. The zero-order chi connectivity index (χ0) is 19.4. The van der Waals surface area contributed by atoms with Crippen LogP contribution in [0.5, 0.6) is 11.5 Å². The van der Waals surface area contributed by atoms with Crippen molar-refractivity contribution >= 4 is 29.3 Å². The van der Waals surface area contributed by atoms with Crippen LogP contribution in [0.15, 0.2) is 48.2 Å². The molecule has 140 valence electrons. The number of nitrogens with one attached hydrogen (secondary N) is 1. The van der Waals surface area contributed by atoms with Gasteiger partial charge in [0, 0.05) is 12.1 Å². The Morgan fingerprint density at radius 1 is 1.22 bits per heavy atom. The van der Waals surface area contributed by atoms with Crippen molar-refractivity contribution in [3.8, 4) is 11.5 Å². The number of methoxy groups -OCH3 is 1. The van der Waals surface area contributed by atoms with Crippen molar-refractivity contribution in [3.63, 3.8) is 0 Å². The Balaban J connectivity index is 1.79. The van der Waals surface area contributed by atoms with Gasteiger partial charge in [0.1, 0.15) is 18.1 Å².